The summed E-state index contributed by atoms with van der Waals surface area (Å²) in [4.78, 5) is 12.4. The maximum Gasteiger partial charge on any atom is 0.311 e. The summed E-state index contributed by atoms with van der Waals surface area (Å²) in [6.07, 6.45) is 1.34. The Morgan fingerprint density at radius 3 is 2.23 bits per heavy atom. The van der Waals surface area contributed by atoms with Gasteiger partial charge >= 0.3 is 5.97 Å². The molecule has 0 atom stereocenters. The lowest BCUT2D eigenvalue weighted by molar-refractivity contribution is -0.135. The first-order chi connectivity index (χ1) is 14.5. The van der Waals surface area contributed by atoms with E-state index in [9.17, 15) is 22.0 Å². The molecule has 0 aliphatic heterocycles. The van der Waals surface area contributed by atoms with E-state index in [0.29, 0.717) is 22.6 Å². The fraction of sp³-hybridized carbons (Fsp3) is 0.261. The van der Waals surface area contributed by atoms with Crippen molar-refractivity contribution in [3.05, 3.63) is 65.9 Å². The van der Waals surface area contributed by atoms with Crippen molar-refractivity contribution in [2.45, 2.75) is 32.1 Å². The minimum absolute atomic E-state index is 0.115. The van der Waals surface area contributed by atoms with Gasteiger partial charge in [0.05, 0.1) is 16.3 Å². The third-order valence-corrected chi connectivity index (χ3v) is 5.87. The van der Waals surface area contributed by atoms with Crippen molar-refractivity contribution in [3.8, 4) is 22.7 Å². The maximum absolute atomic E-state index is 13.9. The predicted octanol–water partition coefficient (Wildman–Crippen LogP) is 5.09. The Kier molecular flexibility index (Phi) is 6.31. The molecular weight excluding hydrogens is 424 g/mol. The van der Waals surface area contributed by atoms with Crippen molar-refractivity contribution in [3.63, 3.8) is 0 Å². The molecule has 0 N–H and O–H groups in total. The van der Waals surface area contributed by atoms with Crippen LogP contribution in [0.15, 0.2) is 53.4 Å². The number of esters is 1. The monoisotopic (exact) mass is 447 g/mol. The number of benzene rings is 2. The molecule has 0 bridgehead atoms. The molecule has 0 unspecified atom stereocenters. The van der Waals surface area contributed by atoms with E-state index >= 15 is 0 Å². The first-order valence-corrected chi connectivity index (χ1v) is 11.6. The van der Waals surface area contributed by atoms with Gasteiger partial charge in [-0.05, 0) is 42.7 Å². The SMILES string of the molecule is Cc1c(OC(=O)CC(C)C)cc(-c2ccc(S(C)(=O)=O)cc2)n1-c1ccc(F)c(F)c1. The van der Waals surface area contributed by atoms with E-state index in [1.807, 2.05) is 13.8 Å². The molecule has 0 spiro atoms. The topological polar surface area (TPSA) is 65.4 Å². The lowest BCUT2D eigenvalue weighted by Crippen LogP contribution is -2.11. The van der Waals surface area contributed by atoms with Crippen LogP contribution >= 0.6 is 0 Å². The highest BCUT2D eigenvalue weighted by Gasteiger charge is 2.20. The van der Waals surface area contributed by atoms with E-state index in [1.165, 1.54) is 18.2 Å². The number of aromatic nitrogens is 1. The van der Waals surface area contributed by atoms with Crippen LogP contribution in [0.25, 0.3) is 16.9 Å². The first kappa shape index (κ1) is 22.7. The third-order valence-electron chi connectivity index (χ3n) is 4.74. The summed E-state index contributed by atoms with van der Waals surface area (Å²) < 4.78 is 58.1. The van der Waals surface area contributed by atoms with Crippen LogP contribution in [-0.4, -0.2) is 25.2 Å². The van der Waals surface area contributed by atoms with E-state index in [0.717, 1.165) is 18.4 Å². The Bertz CT molecular complexity index is 1230. The Morgan fingerprint density at radius 2 is 1.68 bits per heavy atom. The minimum Gasteiger partial charge on any atom is -0.425 e. The van der Waals surface area contributed by atoms with Crippen molar-refractivity contribution in [2.24, 2.45) is 5.92 Å². The molecule has 5 nitrogen and oxygen atoms in total. The van der Waals surface area contributed by atoms with Gasteiger partial charge in [0.15, 0.2) is 27.2 Å². The van der Waals surface area contributed by atoms with Crippen molar-refractivity contribution in [2.75, 3.05) is 6.26 Å². The standard InChI is InChI=1S/C23H23F2NO4S/c1-14(2)11-23(27)30-22-13-21(16-5-8-18(9-6-16)31(4,28)29)26(15(22)3)17-7-10-19(24)20(25)12-17/h5-10,12-14H,11H2,1-4H3. The van der Waals surface area contributed by atoms with Crippen molar-refractivity contribution >= 4 is 15.8 Å². The second-order valence-corrected chi connectivity index (χ2v) is 9.80. The maximum atomic E-state index is 13.9. The fourth-order valence-electron chi connectivity index (χ4n) is 3.23. The lowest BCUT2D eigenvalue weighted by atomic mass is 10.1. The van der Waals surface area contributed by atoms with Crippen LogP contribution in [0.3, 0.4) is 0 Å². The second kappa shape index (κ2) is 8.63. The van der Waals surface area contributed by atoms with Gasteiger partial charge in [-0.1, -0.05) is 26.0 Å². The number of hydrogen-bond donors (Lipinski definition) is 0. The molecule has 8 heteroatoms. The molecule has 3 aromatic rings. The predicted molar refractivity (Wildman–Crippen MR) is 114 cm³/mol. The molecule has 0 fully saturated rings. The van der Waals surface area contributed by atoms with E-state index in [4.69, 9.17) is 4.74 Å². The molecule has 0 amide bonds. The highest BCUT2D eigenvalue weighted by molar-refractivity contribution is 7.90. The Morgan fingerprint density at radius 1 is 1.03 bits per heavy atom. The zero-order chi connectivity index (χ0) is 22.9. The number of hydrogen-bond acceptors (Lipinski definition) is 4. The number of nitrogens with zero attached hydrogens (tertiary/aromatic N) is 1. The molecule has 1 aromatic heterocycles. The molecular formula is C23H23F2NO4S. The Hall–Kier alpha value is -3.00. The van der Waals surface area contributed by atoms with Crippen molar-refractivity contribution < 1.29 is 26.7 Å². The number of rotatable bonds is 6. The molecule has 2 aromatic carbocycles. The molecule has 0 saturated carbocycles. The van der Waals surface area contributed by atoms with Crippen LogP contribution < -0.4 is 4.74 Å². The third kappa shape index (κ3) is 5.02. The highest BCUT2D eigenvalue weighted by atomic mass is 32.2. The number of ether oxygens (including phenoxy) is 1. The summed E-state index contributed by atoms with van der Waals surface area (Å²) in [7, 11) is -3.37. The summed E-state index contributed by atoms with van der Waals surface area (Å²) in [6.45, 7) is 5.50. The normalized spacial score (nSPS) is 11.7. The number of carbonyl (C=O) groups is 1. The summed E-state index contributed by atoms with van der Waals surface area (Å²) in [6, 6.07) is 11.3. The molecule has 31 heavy (non-hydrogen) atoms. The molecule has 164 valence electrons. The van der Waals surface area contributed by atoms with Gasteiger partial charge in [0.25, 0.3) is 0 Å². The van der Waals surface area contributed by atoms with Crippen molar-refractivity contribution in [1.82, 2.24) is 4.57 Å². The summed E-state index contributed by atoms with van der Waals surface area (Å²) in [5, 5.41) is 0. The minimum atomic E-state index is -3.37. The molecule has 1 heterocycles. The number of halogens is 2. The van der Waals surface area contributed by atoms with E-state index in [2.05, 4.69) is 0 Å². The molecule has 0 aliphatic carbocycles. The molecule has 0 aliphatic rings. The highest BCUT2D eigenvalue weighted by Crippen LogP contribution is 2.35. The van der Waals surface area contributed by atoms with Crippen LogP contribution in [0.5, 0.6) is 5.75 Å². The summed E-state index contributed by atoms with van der Waals surface area (Å²) >= 11 is 0. The van der Waals surface area contributed by atoms with Gasteiger partial charge in [0.1, 0.15) is 0 Å². The number of sulfone groups is 1. The van der Waals surface area contributed by atoms with Crippen LogP contribution in [0.2, 0.25) is 0 Å². The largest absolute Gasteiger partial charge is 0.425 e. The van der Waals surface area contributed by atoms with Gasteiger partial charge in [-0.25, -0.2) is 17.2 Å². The molecule has 3 rings (SSSR count). The summed E-state index contributed by atoms with van der Waals surface area (Å²) in [5.74, 6) is -1.99. The zero-order valence-electron chi connectivity index (χ0n) is 17.6. The number of carbonyl (C=O) groups excluding carboxylic acids is 1. The van der Waals surface area contributed by atoms with Crippen LogP contribution in [0, 0.1) is 24.5 Å². The van der Waals surface area contributed by atoms with Gasteiger partial charge in [-0.2, -0.15) is 0 Å². The fourth-order valence-corrected chi connectivity index (χ4v) is 3.86. The van der Waals surface area contributed by atoms with Gasteiger partial charge in [-0.15, -0.1) is 0 Å². The van der Waals surface area contributed by atoms with E-state index in [-0.39, 0.29) is 23.0 Å². The van der Waals surface area contributed by atoms with E-state index < -0.39 is 27.4 Å². The van der Waals surface area contributed by atoms with Gasteiger partial charge in [0.2, 0.25) is 0 Å². The second-order valence-electron chi connectivity index (χ2n) is 7.78. The summed E-state index contributed by atoms with van der Waals surface area (Å²) in [5.41, 5.74) is 2.01. The quantitative estimate of drug-likeness (QED) is 0.494. The Balaban J connectivity index is 2.15. The smallest absolute Gasteiger partial charge is 0.311 e. The first-order valence-electron chi connectivity index (χ1n) is 9.66. The van der Waals surface area contributed by atoms with Gasteiger partial charge in [-0.3, -0.25) is 4.79 Å². The molecule has 0 saturated heterocycles. The van der Waals surface area contributed by atoms with Crippen LogP contribution in [0.4, 0.5) is 8.78 Å². The van der Waals surface area contributed by atoms with E-state index in [1.54, 1.807) is 29.7 Å². The van der Waals surface area contributed by atoms with Crippen LogP contribution in [0.1, 0.15) is 26.0 Å². The Labute approximate surface area is 180 Å². The lowest BCUT2D eigenvalue weighted by Gasteiger charge is -2.13. The van der Waals surface area contributed by atoms with Crippen LogP contribution in [-0.2, 0) is 14.6 Å². The average molecular weight is 448 g/mol. The average Bonchev–Trinajstić information content (AvgIpc) is 2.99. The zero-order valence-corrected chi connectivity index (χ0v) is 18.5. The van der Waals surface area contributed by atoms with Gasteiger partial charge < -0.3 is 9.30 Å². The molecule has 0 radical (unpaired) electrons. The van der Waals surface area contributed by atoms with Gasteiger partial charge in [0, 0.05) is 30.5 Å². The van der Waals surface area contributed by atoms with Crippen molar-refractivity contribution in [1.29, 1.82) is 0 Å².